The van der Waals surface area contributed by atoms with Crippen LogP contribution in [0.5, 0.6) is 0 Å². The van der Waals surface area contributed by atoms with Crippen molar-refractivity contribution in [1.82, 2.24) is 15.0 Å². The highest BCUT2D eigenvalue weighted by Crippen LogP contribution is 2.44. The molecule has 0 spiro atoms. The summed E-state index contributed by atoms with van der Waals surface area (Å²) in [6.45, 7) is 0. The van der Waals surface area contributed by atoms with Gasteiger partial charge in [0.2, 0.25) is 11.8 Å². The third-order valence-corrected chi connectivity index (χ3v) is 10.6. The number of aromatic nitrogens is 3. The topological polar surface area (TPSA) is 65.0 Å². The van der Waals surface area contributed by atoms with Gasteiger partial charge in [0.25, 0.3) is 0 Å². The van der Waals surface area contributed by atoms with Crippen LogP contribution >= 0.6 is 0 Å². The third-order valence-electron chi connectivity index (χ3n) is 10.6. The van der Waals surface area contributed by atoms with Gasteiger partial charge in [0.1, 0.15) is 11.0 Å². The smallest absolute Gasteiger partial charge is 0.227 e. The van der Waals surface area contributed by atoms with Gasteiger partial charge in [-0.2, -0.15) is 0 Å². The molecule has 5 heteroatoms. The molecule has 0 aliphatic rings. The highest BCUT2D eigenvalue weighted by molar-refractivity contribution is 6.04. The number of fused-ring (bicyclic) bond motifs is 4. The van der Waals surface area contributed by atoms with E-state index in [-0.39, 0.29) is 0 Å². The van der Waals surface area contributed by atoms with Crippen LogP contribution < -0.4 is 0 Å². The van der Waals surface area contributed by atoms with Crippen LogP contribution in [0.15, 0.2) is 197 Å². The number of pyridine rings is 1. The Kier molecular flexibility index (Phi) is 7.42. The molecule has 0 bridgehead atoms. The van der Waals surface area contributed by atoms with E-state index >= 15 is 0 Å². The molecule has 56 heavy (non-hydrogen) atoms. The molecule has 0 N–H and O–H groups in total. The maximum atomic E-state index is 6.14. The van der Waals surface area contributed by atoms with E-state index in [1.807, 2.05) is 48.5 Å². The minimum Gasteiger partial charge on any atom is -0.436 e. The molecule has 0 radical (unpaired) electrons. The predicted octanol–water partition coefficient (Wildman–Crippen LogP) is 13.7. The molecule has 11 aromatic rings. The minimum absolute atomic E-state index is 0.594. The van der Waals surface area contributed by atoms with Crippen LogP contribution in [0, 0.1) is 0 Å². The second kappa shape index (κ2) is 13.0. The van der Waals surface area contributed by atoms with Gasteiger partial charge in [-0.25, -0.2) is 15.0 Å². The van der Waals surface area contributed by atoms with Crippen molar-refractivity contribution >= 4 is 43.7 Å². The van der Waals surface area contributed by atoms with Crippen LogP contribution in [0.25, 0.3) is 111 Å². The lowest BCUT2D eigenvalue weighted by Crippen LogP contribution is -1.98. The summed E-state index contributed by atoms with van der Waals surface area (Å²) in [6, 6.07) is 64.9. The second-order valence-electron chi connectivity index (χ2n) is 14.0. The summed E-state index contributed by atoms with van der Waals surface area (Å²) >= 11 is 0. The zero-order valence-electron chi connectivity index (χ0n) is 30.1. The Morgan fingerprint density at radius 3 is 1.16 bits per heavy atom. The first-order chi connectivity index (χ1) is 27.7. The number of rotatable bonds is 6. The molecule has 0 amide bonds. The molecule has 0 fully saturated rings. The van der Waals surface area contributed by atoms with Crippen molar-refractivity contribution < 1.29 is 8.83 Å². The highest BCUT2D eigenvalue weighted by atomic mass is 16.4. The van der Waals surface area contributed by atoms with E-state index in [0.717, 1.165) is 99.6 Å². The first kappa shape index (κ1) is 31.9. The highest BCUT2D eigenvalue weighted by Gasteiger charge is 2.21. The predicted molar refractivity (Wildman–Crippen MR) is 227 cm³/mol. The Hall–Kier alpha value is -7.63. The zero-order chi connectivity index (χ0) is 37.0. The largest absolute Gasteiger partial charge is 0.436 e. The van der Waals surface area contributed by atoms with Crippen molar-refractivity contribution in [2.24, 2.45) is 0 Å². The fourth-order valence-electron chi connectivity index (χ4n) is 7.80. The van der Waals surface area contributed by atoms with Crippen molar-refractivity contribution in [2.75, 3.05) is 0 Å². The van der Waals surface area contributed by atoms with Crippen LogP contribution in [-0.4, -0.2) is 15.0 Å². The standard InChI is InChI=1S/C51H31N3O2/c1-3-15-38-32(11-1)13-9-17-40(38)48-42(34-23-27-36(28-24-34)50-52-44-19-5-7-21-46(44)55-50)31-43(49(54-48)41-18-10-14-33-12-2-4-16-39(33)41)35-25-29-37(30-26-35)51-53-45-20-6-8-22-47(45)56-51/h1-31H. The van der Waals surface area contributed by atoms with Crippen LogP contribution in [0.2, 0.25) is 0 Å². The first-order valence-corrected chi connectivity index (χ1v) is 18.7. The van der Waals surface area contributed by atoms with Crippen molar-refractivity contribution in [1.29, 1.82) is 0 Å². The zero-order valence-corrected chi connectivity index (χ0v) is 30.1. The fraction of sp³-hybridized carbons (Fsp3) is 0. The SMILES string of the molecule is c1ccc2c(-c3nc(-c4cccc5ccccc45)c(-c4ccc(-c5nc6ccccc6o5)cc4)cc3-c3ccc(-c4nc5ccccc5o4)cc3)cccc2c1. The van der Waals surface area contributed by atoms with Crippen LogP contribution in [0.4, 0.5) is 0 Å². The van der Waals surface area contributed by atoms with E-state index in [4.69, 9.17) is 23.8 Å². The van der Waals surface area contributed by atoms with Crippen molar-refractivity contribution in [3.8, 4) is 67.7 Å². The number of hydrogen-bond donors (Lipinski definition) is 0. The van der Waals surface area contributed by atoms with Gasteiger partial charge in [0.05, 0.1) is 11.4 Å². The molecule has 8 aromatic carbocycles. The van der Waals surface area contributed by atoms with Gasteiger partial charge >= 0.3 is 0 Å². The Bertz CT molecular complexity index is 2960. The summed E-state index contributed by atoms with van der Waals surface area (Å²) in [4.78, 5) is 15.2. The lowest BCUT2D eigenvalue weighted by Gasteiger charge is -2.19. The molecule has 0 saturated heterocycles. The maximum absolute atomic E-state index is 6.14. The quantitative estimate of drug-likeness (QED) is 0.171. The Labute approximate surface area is 322 Å². The minimum atomic E-state index is 0.594. The van der Waals surface area contributed by atoms with Crippen molar-refractivity contribution in [3.05, 3.63) is 188 Å². The summed E-state index contributed by atoms with van der Waals surface area (Å²) in [5.74, 6) is 1.19. The molecule has 262 valence electrons. The van der Waals surface area contributed by atoms with Crippen molar-refractivity contribution in [3.63, 3.8) is 0 Å². The van der Waals surface area contributed by atoms with E-state index in [2.05, 4.69) is 140 Å². The molecule has 3 aromatic heterocycles. The molecular weight excluding hydrogens is 687 g/mol. The Morgan fingerprint density at radius 2 is 0.696 bits per heavy atom. The summed E-state index contributed by atoms with van der Waals surface area (Å²) in [7, 11) is 0. The maximum Gasteiger partial charge on any atom is 0.227 e. The van der Waals surface area contributed by atoms with E-state index in [9.17, 15) is 0 Å². The molecule has 0 unspecified atom stereocenters. The van der Waals surface area contributed by atoms with E-state index in [1.165, 1.54) is 0 Å². The molecule has 0 aliphatic carbocycles. The van der Waals surface area contributed by atoms with Crippen LogP contribution in [0.3, 0.4) is 0 Å². The number of nitrogens with zero attached hydrogens (tertiary/aromatic N) is 3. The Morgan fingerprint density at radius 1 is 0.304 bits per heavy atom. The average molecular weight is 718 g/mol. The van der Waals surface area contributed by atoms with Crippen LogP contribution in [0.1, 0.15) is 0 Å². The normalized spacial score (nSPS) is 11.6. The van der Waals surface area contributed by atoms with E-state index in [0.29, 0.717) is 11.8 Å². The number of para-hydroxylation sites is 4. The number of hydrogen-bond acceptors (Lipinski definition) is 5. The fourth-order valence-corrected chi connectivity index (χ4v) is 7.80. The van der Waals surface area contributed by atoms with Gasteiger partial charge in [-0.1, -0.05) is 133 Å². The molecular formula is C51H31N3O2. The van der Waals surface area contributed by atoms with Gasteiger partial charge in [0.15, 0.2) is 11.2 Å². The molecule has 0 aliphatic heterocycles. The molecule has 11 rings (SSSR count). The van der Waals surface area contributed by atoms with E-state index in [1.54, 1.807) is 0 Å². The molecule has 5 nitrogen and oxygen atoms in total. The molecule has 0 saturated carbocycles. The lowest BCUT2D eigenvalue weighted by atomic mass is 9.89. The summed E-state index contributed by atoms with van der Waals surface area (Å²) in [6.07, 6.45) is 0. The lowest BCUT2D eigenvalue weighted by molar-refractivity contribution is 0.619. The monoisotopic (exact) mass is 717 g/mol. The van der Waals surface area contributed by atoms with Gasteiger partial charge in [-0.15, -0.1) is 0 Å². The molecule has 3 heterocycles. The summed E-state index contributed by atoms with van der Waals surface area (Å²) < 4.78 is 12.3. The second-order valence-corrected chi connectivity index (χ2v) is 14.0. The third kappa shape index (κ3) is 5.45. The van der Waals surface area contributed by atoms with E-state index < -0.39 is 0 Å². The Balaban J connectivity index is 1.14. The van der Waals surface area contributed by atoms with Crippen molar-refractivity contribution in [2.45, 2.75) is 0 Å². The summed E-state index contributed by atoms with van der Waals surface area (Å²) in [5.41, 5.74) is 13.1. The summed E-state index contributed by atoms with van der Waals surface area (Å²) in [5, 5.41) is 4.61. The van der Waals surface area contributed by atoms with Gasteiger partial charge in [-0.05, 0) is 87.3 Å². The molecule has 0 atom stereocenters. The number of oxazole rings is 2. The van der Waals surface area contributed by atoms with Gasteiger partial charge in [-0.3, -0.25) is 0 Å². The average Bonchev–Trinajstić information content (AvgIpc) is 3.91. The van der Waals surface area contributed by atoms with Gasteiger partial charge in [0, 0.05) is 33.4 Å². The number of benzene rings is 8. The first-order valence-electron chi connectivity index (χ1n) is 18.7. The van der Waals surface area contributed by atoms with Crippen LogP contribution in [-0.2, 0) is 0 Å². The van der Waals surface area contributed by atoms with Gasteiger partial charge < -0.3 is 8.83 Å².